The van der Waals surface area contributed by atoms with Crippen molar-refractivity contribution in [2.24, 2.45) is 5.14 Å². The van der Waals surface area contributed by atoms with Gasteiger partial charge >= 0.3 is 0 Å². The smallest absolute Gasteiger partial charge is 0.238 e. The van der Waals surface area contributed by atoms with E-state index in [9.17, 15) is 13.2 Å². The van der Waals surface area contributed by atoms with Crippen LogP contribution in [0.3, 0.4) is 0 Å². The van der Waals surface area contributed by atoms with E-state index in [-0.39, 0.29) is 29.3 Å². The fourth-order valence-electron chi connectivity index (χ4n) is 3.64. The first kappa shape index (κ1) is 23.7. The Kier molecular flexibility index (Phi) is 8.16. The summed E-state index contributed by atoms with van der Waals surface area (Å²) in [6.07, 6.45) is 0.783. The van der Waals surface area contributed by atoms with Crippen molar-refractivity contribution >= 4 is 15.9 Å². The van der Waals surface area contributed by atoms with Crippen LogP contribution in [0.15, 0.2) is 89.8 Å². The molecule has 6 nitrogen and oxygen atoms in total. The third-order valence-corrected chi connectivity index (χ3v) is 6.33. The Morgan fingerprint density at radius 3 is 2.00 bits per heavy atom. The van der Waals surface area contributed by atoms with Crippen LogP contribution in [0.1, 0.15) is 42.0 Å². The zero-order valence-corrected chi connectivity index (χ0v) is 18.9. The summed E-state index contributed by atoms with van der Waals surface area (Å²) in [5.74, 6) is 0.0878. The molecule has 4 N–H and O–H groups in total. The average molecular weight is 452 g/mol. The van der Waals surface area contributed by atoms with Gasteiger partial charge in [-0.15, -0.1) is 0 Å². The van der Waals surface area contributed by atoms with Gasteiger partial charge in [0, 0.05) is 18.5 Å². The molecule has 0 unspecified atom stereocenters. The summed E-state index contributed by atoms with van der Waals surface area (Å²) < 4.78 is 23.1. The van der Waals surface area contributed by atoms with Gasteiger partial charge in [0.25, 0.3) is 0 Å². The molecule has 0 bridgehead atoms. The van der Waals surface area contributed by atoms with Gasteiger partial charge in [-0.1, -0.05) is 72.8 Å². The van der Waals surface area contributed by atoms with Crippen LogP contribution in [0.4, 0.5) is 0 Å². The minimum atomic E-state index is -3.76. The summed E-state index contributed by atoms with van der Waals surface area (Å²) in [5, 5.41) is 11.3. The summed E-state index contributed by atoms with van der Waals surface area (Å²) in [4.78, 5) is 12.4. The number of nitrogens with one attached hydrogen (secondary N) is 2. The zero-order valence-electron chi connectivity index (χ0n) is 18.1. The number of hydrogen-bond donors (Lipinski definition) is 3. The number of nitrogens with two attached hydrogens (primary N) is 1. The number of carbonyl (C=O) groups excluding carboxylic acids is 1. The van der Waals surface area contributed by atoms with Crippen LogP contribution in [-0.2, 0) is 14.8 Å². The number of carbonyl (C=O) groups is 1. The van der Waals surface area contributed by atoms with Gasteiger partial charge in [0.1, 0.15) is 0 Å². The summed E-state index contributed by atoms with van der Waals surface area (Å²) in [7, 11) is -3.76. The van der Waals surface area contributed by atoms with Gasteiger partial charge in [-0.05, 0) is 42.2 Å². The topological polar surface area (TPSA) is 101 Å². The zero-order chi connectivity index (χ0) is 23.0. The SMILES string of the molecule is C[C@@H](NCC(=O)NCCC(c1ccccc1)c1ccccc1)c1cccc(S(N)(=O)=O)c1. The van der Waals surface area contributed by atoms with Crippen LogP contribution in [-0.4, -0.2) is 27.4 Å². The molecule has 0 aliphatic heterocycles. The van der Waals surface area contributed by atoms with Crippen molar-refractivity contribution in [2.75, 3.05) is 13.1 Å². The molecule has 0 aromatic heterocycles. The fourth-order valence-corrected chi connectivity index (χ4v) is 4.21. The van der Waals surface area contributed by atoms with Gasteiger partial charge in [0.15, 0.2) is 0 Å². The summed E-state index contributed by atoms with van der Waals surface area (Å²) >= 11 is 0. The van der Waals surface area contributed by atoms with E-state index in [1.807, 2.05) is 43.3 Å². The maximum absolute atomic E-state index is 12.4. The molecule has 0 saturated carbocycles. The molecule has 168 valence electrons. The monoisotopic (exact) mass is 451 g/mol. The summed E-state index contributed by atoms with van der Waals surface area (Å²) in [6, 6.07) is 26.8. The highest BCUT2D eigenvalue weighted by Crippen LogP contribution is 2.27. The Morgan fingerprint density at radius 2 is 1.44 bits per heavy atom. The minimum absolute atomic E-state index is 0.0565. The van der Waals surface area contributed by atoms with Gasteiger partial charge < -0.3 is 10.6 Å². The molecule has 0 heterocycles. The number of amides is 1. The van der Waals surface area contributed by atoms with Crippen LogP contribution in [0.2, 0.25) is 0 Å². The number of sulfonamides is 1. The van der Waals surface area contributed by atoms with Crippen molar-refractivity contribution in [3.8, 4) is 0 Å². The molecule has 1 atom stereocenters. The van der Waals surface area contributed by atoms with E-state index < -0.39 is 10.0 Å². The molecule has 3 aromatic rings. The van der Waals surface area contributed by atoms with E-state index in [4.69, 9.17) is 5.14 Å². The van der Waals surface area contributed by atoms with E-state index >= 15 is 0 Å². The third-order valence-electron chi connectivity index (χ3n) is 5.41. The molecule has 0 aliphatic carbocycles. The van der Waals surface area contributed by atoms with Crippen LogP contribution in [0.25, 0.3) is 0 Å². The second kappa shape index (κ2) is 11.0. The van der Waals surface area contributed by atoms with Gasteiger partial charge in [0.05, 0.1) is 11.4 Å². The third kappa shape index (κ3) is 6.75. The Morgan fingerprint density at radius 1 is 0.875 bits per heavy atom. The first-order chi connectivity index (χ1) is 15.3. The predicted molar refractivity (Wildman–Crippen MR) is 127 cm³/mol. The molecule has 0 radical (unpaired) electrons. The lowest BCUT2D eigenvalue weighted by Gasteiger charge is -2.19. The summed E-state index contributed by atoms with van der Waals surface area (Å²) in [5.41, 5.74) is 3.18. The van der Waals surface area contributed by atoms with E-state index in [0.29, 0.717) is 6.54 Å². The van der Waals surface area contributed by atoms with E-state index in [1.165, 1.54) is 23.3 Å². The highest BCUT2D eigenvalue weighted by atomic mass is 32.2. The average Bonchev–Trinajstić information content (AvgIpc) is 2.81. The lowest BCUT2D eigenvalue weighted by Crippen LogP contribution is -2.36. The molecule has 7 heteroatoms. The Bertz CT molecular complexity index is 1080. The lowest BCUT2D eigenvalue weighted by molar-refractivity contribution is -0.120. The molecular weight excluding hydrogens is 422 g/mol. The van der Waals surface area contributed by atoms with E-state index in [0.717, 1.165) is 12.0 Å². The van der Waals surface area contributed by atoms with Gasteiger partial charge in [-0.3, -0.25) is 4.79 Å². The van der Waals surface area contributed by atoms with Crippen molar-refractivity contribution in [2.45, 2.75) is 30.2 Å². The molecule has 0 fully saturated rings. The Balaban J connectivity index is 1.53. The second-order valence-electron chi connectivity index (χ2n) is 7.73. The molecule has 0 saturated heterocycles. The first-order valence-corrected chi connectivity index (χ1v) is 12.1. The highest BCUT2D eigenvalue weighted by Gasteiger charge is 2.15. The Labute approximate surface area is 189 Å². The van der Waals surface area contributed by atoms with Crippen molar-refractivity contribution in [1.82, 2.24) is 10.6 Å². The van der Waals surface area contributed by atoms with E-state index in [1.54, 1.807) is 12.1 Å². The van der Waals surface area contributed by atoms with Crippen molar-refractivity contribution in [3.05, 3.63) is 102 Å². The molecule has 1 amide bonds. The fraction of sp³-hybridized carbons (Fsp3) is 0.240. The van der Waals surface area contributed by atoms with Crippen LogP contribution < -0.4 is 15.8 Å². The van der Waals surface area contributed by atoms with E-state index in [2.05, 4.69) is 34.9 Å². The van der Waals surface area contributed by atoms with Gasteiger partial charge in [0.2, 0.25) is 15.9 Å². The molecular formula is C25H29N3O3S. The summed E-state index contributed by atoms with van der Waals surface area (Å²) in [6.45, 7) is 2.54. The molecule has 32 heavy (non-hydrogen) atoms. The van der Waals surface area contributed by atoms with Crippen molar-refractivity contribution in [1.29, 1.82) is 0 Å². The maximum atomic E-state index is 12.4. The highest BCUT2D eigenvalue weighted by molar-refractivity contribution is 7.89. The number of rotatable bonds is 10. The van der Waals surface area contributed by atoms with Crippen molar-refractivity contribution in [3.63, 3.8) is 0 Å². The quantitative estimate of drug-likeness (QED) is 0.440. The number of primary sulfonamides is 1. The van der Waals surface area contributed by atoms with Crippen LogP contribution in [0, 0.1) is 0 Å². The lowest BCUT2D eigenvalue weighted by atomic mass is 9.88. The molecule has 0 spiro atoms. The van der Waals surface area contributed by atoms with Crippen molar-refractivity contribution < 1.29 is 13.2 Å². The van der Waals surface area contributed by atoms with Gasteiger partial charge in [-0.25, -0.2) is 13.6 Å². The molecule has 3 aromatic carbocycles. The standard InChI is InChI=1S/C25H29N3O3S/c1-19(22-13-8-14-23(17-22)32(26,30)31)28-18-25(29)27-16-15-24(20-9-4-2-5-10-20)21-11-6-3-7-12-21/h2-14,17,19,24,28H,15-16,18H2,1H3,(H,27,29)(H2,26,30,31)/t19-/m1/s1. The maximum Gasteiger partial charge on any atom is 0.238 e. The first-order valence-electron chi connectivity index (χ1n) is 10.6. The molecule has 3 rings (SSSR count). The van der Waals surface area contributed by atoms with Crippen LogP contribution in [0.5, 0.6) is 0 Å². The minimum Gasteiger partial charge on any atom is -0.355 e. The predicted octanol–water partition coefficient (Wildman–Crippen LogP) is 3.32. The number of benzene rings is 3. The van der Waals surface area contributed by atoms with Gasteiger partial charge in [-0.2, -0.15) is 0 Å². The second-order valence-corrected chi connectivity index (χ2v) is 9.29. The normalized spacial score (nSPS) is 12.5. The largest absolute Gasteiger partial charge is 0.355 e. The van der Waals surface area contributed by atoms with Crippen LogP contribution >= 0.6 is 0 Å². The number of hydrogen-bond acceptors (Lipinski definition) is 4. The molecule has 0 aliphatic rings. The Hall–Kier alpha value is -3.00.